The van der Waals surface area contributed by atoms with Crippen molar-refractivity contribution in [3.8, 4) is 0 Å². The first-order chi connectivity index (χ1) is 9.90. The van der Waals surface area contributed by atoms with Gasteiger partial charge in [0.05, 0.1) is 6.54 Å². The van der Waals surface area contributed by atoms with E-state index in [0.29, 0.717) is 6.04 Å². The number of thiophene rings is 1. The molecular weight excluding hydrogens is 395 g/mol. The van der Waals surface area contributed by atoms with Crippen LogP contribution in [0.1, 0.15) is 30.6 Å². The zero-order valence-corrected chi connectivity index (χ0v) is 15.5. The summed E-state index contributed by atoms with van der Waals surface area (Å²) in [6.07, 6.45) is 5.29. The lowest BCUT2D eigenvalue weighted by Gasteiger charge is -2.17. The molecule has 0 aromatic carbocycles. The molecule has 2 aliphatic rings. The van der Waals surface area contributed by atoms with Crippen molar-refractivity contribution in [1.29, 1.82) is 0 Å². The lowest BCUT2D eigenvalue weighted by atomic mass is 10.4. The molecule has 0 spiro atoms. The maximum atomic E-state index is 4.70. The zero-order valence-electron chi connectivity index (χ0n) is 12.4. The molecule has 2 fully saturated rings. The molecule has 6 heteroatoms. The van der Waals surface area contributed by atoms with Crippen molar-refractivity contribution in [2.24, 2.45) is 4.99 Å². The first kappa shape index (κ1) is 17.0. The van der Waals surface area contributed by atoms with E-state index in [9.17, 15) is 0 Å². The molecule has 3 rings (SSSR count). The van der Waals surface area contributed by atoms with Crippen molar-refractivity contribution in [1.82, 2.24) is 15.5 Å². The third-order valence-electron chi connectivity index (χ3n) is 3.81. The molecule has 21 heavy (non-hydrogen) atoms. The van der Waals surface area contributed by atoms with Gasteiger partial charge in [-0.15, -0.1) is 35.3 Å². The number of halogens is 1. The summed E-state index contributed by atoms with van der Waals surface area (Å²) in [6.45, 7) is 5.43. The summed E-state index contributed by atoms with van der Waals surface area (Å²) in [4.78, 5) is 8.55. The monoisotopic (exact) mass is 420 g/mol. The summed E-state index contributed by atoms with van der Waals surface area (Å²) < 4.78 is 0. The van der Waals surface area contributed by atoms with Gasteiger partial charge < -0.3 is 15.5 Å². The molecule has 4 nitrogen and oxygen atoms in total. The third-order valence-corrected chi connectivity index (χ3v) is 4.67. The van der Waals surface area contributed by atoms with Crippen molar-refractivity contribution < 1.29 is 0 Å². The van der Waals surface area contributed by atoms with Crippen LogP contribution in [0.25, 0.3) is 0 Å². The molecule has 1 saturated heterocycles. The third kappa shape index (κ3) is 6.12. The van der Waals surface area contributed by atoms with Crippen LogP contribution in [-0.2, 0) is 6.54 Å². The lowest BCUT2D eigenvalue weighted by molar-refractivity contribution is 0.343. The Balaban J connectivity index is 0.00000161. The first-order valence-corrected chi connectivity index (χ1v) is 8.58. The molecule has 0 atom stereocenters. The van der Waals surface area contributed by atoms with E-state index in [4.69, 9.17) is 4.99 Å². The summed E-state index contributed by atoms with van der Waals surface area (Å²) in [5, 5.41) is 9.10. The van der Waals surface area contributed by atoms with Crippen LogP contribution >= 0.6 is 35.3 Å². The number of hydrogen-bond donors (Lipinski definition) is 2. The average Bonchev–Trinajstić information content (AvgIpc) is 2.96. The van der Waals surface area contributed by atoms with Crippen molar-refractivity contribution >= 4 is 41.3 Å². The molecule has 0 bridgehead atoms. The van der Waals surface area contributed by atoms with E-state index in [2.05, 4.69) is 33.0 Å². The number of nitrogens with one attached hydrogen (secondary N) is 2. The highest BCUT2D eigenvalue weighted by Gasteiger charge is 2.22. The van der Waals surface area contributed by atoms with E-state index in [0.717, 1.165) is 25.6 Å². The summed E-state index contributed by atoms with van der Waals surface area (Å²) >= 11 is 1.77. The Hall–Kier alpha value is -0.340. The van der Waals surface area contributed by atoms with Gasteiger partial charge in [0, 0.05) is 24.0 Å². The molecule has 118 valence electrons. The normalized spacial score (nSPS) is 19.3. The smallest absolute Gasteiger partial charge is 0.191 e. The van der Waals surface area contributed by atoms with Gasteiger partial charge in [-0.2, -0.15) is 0 Å². The SMILES string of the molecule is I.c1csc(CN=C(NCCN2CCCC2)NC2CC2)c1. The number of aliphatic imine (C=N–C) groups is 1. The Labute approximate surface area is 148 Å². The Morgan fingerprint density at radius 1 is 1.33 bits per heavy atom. The second kappa shape index (κ2) is 8.95. The molecule has 1 aromatic heterocycles. The fourth-order valence-electron chi connectivity index (χ4n) is 2.47. The molecule has 1 saturated carbocycles. The van der Waals surface area contributed by atoms with Gasteiger partial charge in [0.25, 0.3) is 0 Å². The van der Waals surface area contributed by atoms with E-state index < -0.39 is 0 Å². The Kier molecular flexibility index (Phi) is 7.25. The van der Waals surface area contributed by atoms with Crippen LogP contribution in [0.5, 0.6) is 0 Å². The number of likely N-dealkylation sites (tertiary alicyclic amines) is 1. The van der Waals surface area contributed by atoms with Crippen molar-refractivity contribution in [3.05, 3.63) is 22.4 Å². The van der Waals surface area contributed by atoms with E-state index in [-0.39, 0.29) is 24.0 Å². The Morgan fingerprint density at radius 2 is 2.14 bits per heavy atom. The Morgan fingerprint density at radius 3 is 2.81 bits per heavy atom. The molecule has 2 heterocycles. The predicted molar refractivity (Wildman–Crippen MR) is 101 cm³/mol. The minimum atomic E-state index is 0. The van der Waals surface area contributed by atoms with Crippen LogP contribution in [0.3, 0.4) is 0 Å². The lowest BCUT2D eigenvalue weighted by Crippen LogP contribution is -2.42. The summed E-state index contributed by atoms with van der Waals surface area (Å²) in [5.74, 6) is 0.986. The number of rotatable bonds is 6. The van der Waals surface area contributed by atoms with Crippen LogP contribution in [0.15, 0.2) is 22.5 Å². The number of guanidine groups is 1. The van der Waals surface area contributed by atoms with Crippen molar-refractivity contribution in [2.75, 3.05) is 26.2 Å². The maximum Gasteiger partial charge on any atom is 0.191 e. The molecule has 1 aromatic rings. The predicted octanol–water partition coefficient (Wildman–Crippen LogP) is 2.66. The van der Waals surface area contributed by atoms with Gasteiger partial charge in [-0.3, -0.25) is 0 Å². The maximum absolute atomic E-state index is 4.70. The molecule has 0 amide bonds. The molecule has 0 radical (unpaired) electrons. The van der Waals surface area contributed by atoms with Crippen LogP contribution in [-0.4, -0.2) is 43.1 Å². The molecule has 2 N–H and O–H groups in total. The van der Waals surface area contributed by atoms with E-state index in [1.54, 1.807) is 11.3 Å². The molecular formula is C15H25IN4S. The van der Waals surface area contributed by atoms with Gasteiger partial charge in [-0.25, -0.2) is 4.99 Å². The second-order valence-corrected chi connectivity index (χ2v) is 6.67. The summed E-state index contributed by atoms with van der Waals surface area (Å²) in [6, 6.07) is 4.88. The highest BCUT2D eigenvalue weighted by Crippen LogP contribution is 2.18. The second-order valence-electron chi connectivity index (χ2n) is 5.64. The van der Waals surface area contributed by atoms with Crippen LogP contribution < -0.4 is 10.6 Å². The number of nitrogens with zero attached hydrogens (tertiary/aromatic N) is 2. The van der Waals surface area contributed by atoms with Crippen molar-refractivity contribution in [2.45, 2.75) is 38.3 Å². The molecule has 1 aliphatic heterocycles. The Bertz CT molecular complexity index is 425. The topological polar surface area (TPSA) is 39.7 Å². The number of hydrogen-bond acceptors (Lipinski definition) is 3. The molecule has 0 unspecified atom stereocenters. The zero-order chi connectivity index (χ0) is 13.6. The summed E-state index contributed by atoms with van der Waals surface area (Å²) in [7, 11) is 0. The minimum absolute atomic E-state index is 0. The van der Waals surface area contributed by atoms with Gasteiger partial charge in [0.2, 0.25) is 0 Å². The quantitative estimate of drug-likeness (QED) is 0.422. The average molecular weight is 420 g/mol. The highest BCUT2D eigenvalue weighted by atomic mass is 127. The van der Waals surface area contributed by atoms with Gasteiger partial charge in [-0.1, -0.05) is 6.07 Å². The van der Waals surface area contributed by atoms with E-state index >= 15 is 0 Å². The van der Waals surface area contributed by atoms with Crippen LogP contribution in [0.2, 0.25) is 0 Å². The minimum Gasteiger partial charge on any atom is -0.355 e. The summed E-state index contributed by atoms with van der Waals surface area (Å²) in [5.41, 5.74) is 0. The van der Waals surface area contributed by atoms with Crippen LogP contribution in [0, 0.1) is 0 Å². The fourth-order valence-corrected chi connectivity index (χ4v) is 3.10. The van der Waals surface area contributed by atoms with Crippen molar-refractivity contribution in [3.63, 3.8) is 0 Å². The van der Waals surface area contributed by atoms with Gasteiger partial charge in [-0.05, 0) is 50.2 Å². The van der Waals surface area contributed by atoms with E-state index in [1.807, 2.05) is 0 Å². The first-order valence-electron chi connectivity index (χ1n) is 7.70. The van der Waals surface area contributed by atoms with Gasteiger partial charge in [0.15, 0.2) is 5.96 Å². The fraction of sp³-hybridized carbons (Fsp3) is 0.667. The molecule has 1 aliphatic carbocycles. The highest BCUT2D eigenvalue weighted by molar-refractivity contribution is 14.0. The van der Waals surface area contributed by atoms with Gasteiger partial charge in [0.1, 0.15) is 0 Å². The van der Waals surface area contributed by atoms with Gasteiger partial charge >= 0.3 is 0 Å². The van der Waals surface area contributed by atoms with E-state index in [1.165, 1.54) is 43.6 Å². The standard InChI is InChI=1S/C15H24N4S.HI/c1-2-9-19(8-1)10-7-16-15(18-13-5-6-13)17-12-14-4-3-11-20-14;/h3-4,11,13H,1-2,5-10,12H2,(H2,16,17,18);1H. The largest absolute Gasteiger partial charge is 0.355 e. The van der Waals surface area contributed by atoms with Crippen LogP contribution in [0.4, 0.5) is 0 Å².